The van der Waals surface area contributed by atoms with E-state index in [1.165, 1.54) is 24.3 Å². The van der Waals surface area contributed by atoms with Crippen LogP contribution in [0.25, 0.3) is 0 Å². The van der Waals surface area contributed by atoms with E-state index in [-0.39, 0.29) is 5.56 Å². The summed E-state index contributed by atoms with van der Waals surface area (Å²) in [6.07, 6.45) is 0. The first kappa shape index (κ1) is 11.3. The zero-order valence-corrected chi connectivity index (χ0v) is 8.49. The predicted octanol–water partition coefficient (Wildman–Crippen LogP) is 1.27. The lowest BCUT2D eigenvalue weighted by Crippen LogP contribution is -2.08. The van der Waals surface area contributed by atoms with E-state index >= 15 is 0 Å². The molecule has 0 saturated carbocycles. The van der Waals surface area contributed by atoms with Crippen LogP contribution in [0.15, 0.2) is 36.3 Å². The van der Waals surface area contributed by atoms with Gasteiger partial charge < -0.3 is 5.11 Å². The summed E-state index contributed by atoms with van der Waals surface area (Å²) in [7, 11) is -3.54. The lowest BCUT2D eigenvalue weighted by molar-refractivity contribution is 0.0697. The van der Waals surface area contributed by atoms with Crippen LogP contribution in [-0.4, -0.2) is 19.5 Å². The van der Waals surface area contributed by atoms with Gasteiger partial charge >= 0.3 is 5.97 Å². The quantitative estimate of drug-likeness (QED) is 0.811. The van der Waals surface area contributed by atoms with E-state index in [4.69, 9.17) is 5.11 Å². The number of hydrogen-bond donors (Lipinski definition) is 2. The molecule has 1 aromatic carbocycles. The summed E-state index contributed by atoms with van der Waals surface area (Å²) in [5.41, 5.74) is 0.386. The number of benzene rings is 1. The minimum absolute atomic E-state index is 0.0940. The first-order chi connectivity index (χ1) is 6.94. The fraction of sp³-hybridized carbons (Fsp3) is 0. The molecule has 2 N–H and O–H groups in total. The number of rotatable bonds is 4. The average molecular weight is 227 g/mol. The maximum atomic E-state index is 11.0. The Balaban J connectivity index is 2.91. The number of hydrogen-bond acceptors (Lipinski definition) is 3. The molecule has 0 atom stereocenters. The van der Waals surface area contributed by atoms with Crippen molar-refractivity contribution in [3.8, 4) is 0 Å². The van der Waals surface area contributed by atoms with Crippen LogP contribution in [0, 0.1) is 0 Å². The number of carboxylic acids is 1. The number of anilines is 1. The number of aromatic carboxylic acids is 1. The summed E-state index contributed by atoms with van der Waals surface area (Å²) >= 11 is 0. The maximum absolute atomic E-state index is 11.0. The van der Waals surface area contributed by atoms with E-state index in [9.17, 15) is 13.2 Å². The minimum Gasteiger partial charge on any atom is -0.478 e. The molecule has 0 saturated heterocycles. The second-order valence-electron chi connectivity index (χ2n) is 2.70. The highest BCUT2D eigenvalue weighted by atomic mass is 32.2. The topological polar surface area (TPSA) is 83.5 Å². The maximum Gasteiger partial charge on any atom is 0.335 e. The van der Waals surface area contributed by atoms with Crippen LogP contribution in [0.1, 0.15) is 10.4 Å². The molecule has 5 nitrogen and oxygen atoms in total. The fourth-order valence-corrected chi connectivity index (χ4v) is 1.43. The molecule has 0 radical (unpaired) electrons. The molecular formula is C9H9NO4S. The number of carboxylic acid groups (broad SMARTS) is 1. The van der Waals surface area contributed by atoms with E-state index in [2.05, 4.69) is 11.3 Å². The molecule has 0 bridgehead atoms. The van der Waals surface area contributed by atoms with E-state index in [1.54, 1.807) is 0 Å². The van der Waals surface area contributed by atoms with Crippen molar-refractivity contribution >= 4 is 21.7 Å². The van der Waals surface area contributed by atoms with Crippen molar-refractivity contribution in [3.05, 3.63) is 41.8 Å². The molecule has 0 aliphatic heterocycles. The molecule has 0 heterocycles. The SMILES string of the molecule is C=CS(=O)(=O)Nc1ccc(C(=O)O)cc1. The Morgan fingerprint density at radius 3 is 2.27 bits per heavy atom. The van der Waals surface area contributed by atoms with Crippen LogP contribution in [-0.2, 0) is 10.0 Å². The molecule has 0 unspecified atom stereocenters. The van der Waals surface area contributed by atoms with E-state index in [1.807, 2.05) is 0 Å². The van der Waals surface area contributed by atoms with E-state index in [0.29, 0.717) is 5.69 Å². The third-order valence-corrected chi connectivity index (χ3v) is 2.57. The van der Waals surface area contributed by atoms with Gasteiger partial charge in [-0.3, -0.25) is 4.72 Å². The van der Waals surface area contributed by atoms with Crippen LogP contribution >= 0.6 is 0 Å². The van der Waals surface area contributed by atoms with Gasteiger partial charge in [-0.05, 0) is 24.3 Å². The standard InChI is InChI=1S/C9H9NO4S/c1-2-15(13,14)10-8-5-3-7(4-6-8)9(11)12/h2-6,10H,1H2,(H,11,12). The third-order valence-electron chi connectivity index (χ3n) is 1.61. The molecule has 0 aliphatic carbocycles. The van der Waals surface area contributed by atoms with E-state index in [0.717, 1.165) is 5.41 Å². The van der Waals surface area contributed by atoms with Crippen molar-refractivity contribution < 1.29 is 18.3 Å². The van der Waals surface area contributed by atoms with Gasteiger partial charge in [0.2, 0.25) is 0 Å². The van der Waals surface area contributed by atoms with Crippen LogP contribution in [0.5, 0.6) is 0 Å². The molecule has 0 aliphatic rings. The number of carbonyl (C=O) groups is 1. The second-order valence-corrected chi connectivity index (χ2v) is 4.32. The highest BCUT2D eigenvalue weighted by Gasteiger charge is 2.05. The largest absolute Gasteiger partial charge is 0.478 e. The predicted molar refractivity (Wildman–Crippen MR) is 56.1 cm³/mol. The van der Waals surface area contributed by atoms with Crippen molar-refractivity contribution in [2.45, 2.75) is 0 Å². The van der Waals surface area contributed by atoms with Gasteiger partial charge in [-0.1, -0.05) is 6.58 Å². The molecule has 6 heteroatoms. The van der Waals surface area contributed by atoms with Crippen molar-refractivity contribution in [2.75, 3.05) is 4.72 Å². The van der Waals surface area contributed by atoms with Crippen molar-refractivity contribution in [2.24, 2.45) is 0 Å². The van der Waals surface area contributed by atoms with Gasteiger partial charge in [-0.2, -0.15) is 0 Å². The molecule has 1 aromatic rings. The first-order valence-electron chi connectivity index (χ1n) is 3.93. The monoisotopic (exact) mass is 227 g/mol. The first-order valence-corrected chi connectivity index (χ1v) is 5.48. The Hall–Kier alpha value is -1.82. The molecular weight excluding hydrogens is 218 g/mol. The normalized spacial score (nSPS) is 10.7. The van der Waals surface area contributed by atoms with Gasteiger partial charge in [0.25, 0.3) is 10.0 Å². The van der Waals surface area contributed by atoms with Gasteiger partial charge in [0.05, 0.1) is 5.56 Å². The van der Waals surface area contributed by atoms with E-state index < -0.39 is 16.0 Å². The van der Waals surface area contributed by atoms with Crippen molar-refractivity contribution in [1.82, 2.24) is 0 Å². The van der Waals surface area contributed by atoms with Crippen LogP contribution in [0.2, 0.25) is 0 Å². The Kier molecular flexibility index (Phi) is 3.11. The van der Waals surface area contributed by atoms with Crippen molar-refractivity contribution in [1.29, 1.82) is 0 Å². The van der Waals surface area contributed by atoms with Gasteiger partial charge in [0.15, 0.2) is 0 Å². The van der Waals surface area contributed by atoms with Gasteiger partial charge in [0, 0.05) is 11.1 Å². The number of nitrogens with one attached hydrogen (secondary N) is 1. The molecule has 1 rings (SSSR count). The summed E-state index contributed by atoms with van der Waals surface area (Å²) in [4.78, 5) is 10.5. The van der Waals surface area contributed by atoms with Gasteiger partial charge in [0.1, 0.15) is 0 Å². The second kappa shape index (κ2) is 4.14. The lowest BCUT2D eigenvalue weighted by Gasteiger charge is -2.03. The minimum atomic E-state index is -3.54. The highest BCUT2D eigenvalue weighted by molar-refractivity contribution is 7.95. The molecule has 0 amide bonds. The average Bonchev–Trinajstić information content (AvgIpc) is 2.18. The Bertz CT molecular complexity index is 475. The zero-order chi connectivity index (χ0) is 11.5. The summed E-state index contributed by atoms with van der Waals surface area (Å²) in [6.45, 7) is 3.13. The highest BCUT2D eigenvalue weighted by Crippen LogP contribution is 2.11. The molecule has 0 aromatic heterocycles. The molecule has 80 valence electrons. The smallest absolute Gasteiger partial charge is 0.335 e. The van der Waals surface area contributed by atoms with Gasteiger partial charge in [-0.15, -0.1) is 0 Å². The summed E-state index contributed by atoms with van der Waals surface area (Å²) in [6, 6.07) is 5.35. The summed E-state index contributed by atoms with van der Waals surface area (Å²) in [5.74, 6) is -1.06. The Morgan fingerprint density at radius 2 is 1.87 bits per heavy atom. The molecule has 0 fully saturated rings. The molecule has 0 spiro atoms. The fourth-order valence-electron chi connectivity index (χ4n) is 0.887. The van der Waals surface area contributed by atoms with Crippen molar-refractivity contribution in [3.63, 3.8) is 0 Å². The lowest BCUT2D eigenvalue weighted by atomic mass is 10.2. The molecule has 15 heavy (non-hydrogen) atoms. The Labute approximate surface area is 87.1 Å². The Morgan fingerprint density at radius 1 is 1.33 bits per heavy atom. The van der Waals surface area contributed by atoms with Crippen LogP contribution < -0.4 is 4.72 Å². The third kappa shape index (κ3) is 3.10. The summed E-state index contributed by atoms with van der Waals surface area (Å²) in [5, 5.41) is 9.38. The summed E-state index contributed by atoms with van der Waals surface area (Å²) < 4.78 is 24.3. The zero-order valence-electron chi connectivity index (χ0n) is 7.67. The van der Waals surface area contributed by atoms with Crippen LogP contribution in [0.3, 0.4) is 0 Å². The van der Waals surface area contributed by atoms with Crippen LogP contribution in [0.4, 0.5) is 5.69 Å². The number of sulfonamides is 1. The van der Waals surface area contributed by atoms with Gasteiger partial charge in [-0.25, -0.2) is 13.2 Å².